The lowest BCUT2D eigenvalue weighted by atomic mass is 9.94. The van der Waals surface area contributed by atoms with E-state index in [0.717, 1.165) is 36.3 Å². The SMILES string of the molecule is CCCOc1ccc(/C(O)=C2/C(=O)C(=O)N(c3ccc(C)cc3)C2c2ccc(N(CC)CC)cc2)cc1. The number of anilines is 2. The van der Waals surface area contributed by atoms with Gasteiger partial charge in [-0.25, -0.2) is 0 Å². The summed E-state index contributed by atoms with van der Waals surface area (Å²) < 4.78 is 5.65. The van der Waals surface area contributed by atoms with Gasteiger partial charge in [0.2, 0.25) is 0 Å². The number of ketones is 1. The first-order valence-corrected chi connectivity index (χ1v) is 12.8. The van der Waals surface area contributed by atoms with Crippen molar-refractivity contribution in [2.24, 2.45) is 0 Å². The van der Waals surface area contributed by atoms with Gasteiger partial charge >= 0.3 is 0 Å². The van der Waals surface area contributed by atoms with Crippen molar-refractivity contribution in [1.29, 1.82) is 0 Å². The number of aliphatic hydroxyl groups is 1. The standard InChI is InChI=1S/C31H34N2O4/c1-5-20-37-26-18-12-23(13-19-26)29(34)27-28(22-10-16-24(17-11-22)32(6-2)7-3)33(31(36)30(27)35)25-14-8-21(4)9-15-25/h8-19,28,34H,5-7,20H2,1-4H3/b29-27-. The molecule has 3 aromatic rings. The number of hydrogen-bond donors (Lipinski definition) is 1. The van der Waals surface area contributed by atoms with Gasteiger partial charge in [-0.05, 0) is 81.3 Å². The molecule has 37 heavy (non-hydrogen) atoms. The lowest BCUT2D eigenvalue weighted by molar-refractivity contribution is -0.132. The van der Waals surface area contributed by atoms with Gasteiger partial charge in [0.25, 0.3) is 11.7 Å². The largest absolute Gasteiger partial charge is 0.507 e. The van der Waals surface area contributed by atoms with Crippen LogP contribution in [0.5, 0.6) is 5.75 Å². The highest BCUT2D eigenvalue weighted by molar-refractivity contribution is 6.51. The second-order valence-electron chi connectivity index (χ2n) is 9.14. The van der Waals surface area contributed by atoms with E-state index in [4.69, 9.17) is 4.74 Å². The molecule has 0 aliphatic carbocycles. The van der Waals surface area contributed by atoms with Crippen LogP contribution in [0.1, 0.15) is 49.9 Å². The van der Waals surface area contributed by atoms with Gasteiger partial charge in [-0.3, -0.25) is 14.5 Å². The zero-order valence-corrected chi connectivity index (χ0v) is 21.9. The van der Waals surface area contributed by atoms with E-state index in [1.165, 1.54) is 4.90 Å². The van der Waals surface area contributed by atoms with E-state index in [1.807, 2.05) is 62.4 Å². The highest BCUT2D eigenvalue weighted by Crippen LogP contribution is 2.42. The summed E-state index contributed by atoms with van der Waals surface area (Å²) in [7, 11) is 0. The molecule has 0 radical (unpaired) electrons. The second kappa shape index (κ2) is 11.3. The Morgan fingerprint density at radius 3 is 2.08 bits per heavy atom. The monoisotopic (exact) mass is 498 g/mol. The van der Waals surface area contributed by atoms with Gasteiger partial charge in [-0.15, -0.1) is 0 Å². The van der Waals surface area contributed by atoms with Crippen molar-refractivity contribution in [3.05, 3.63) is 95.1 Å². The number of amides is 1. The predicted octanol–water partition coefficient (Wildman–Crippen LogP) is 6.26. The molecular weight excluding hydrogens is 464 g/mol. The molecule has 192 valence electrons. The van der Waals surface area contributed by atoms with Gasteiger partial charge in [0.1, 0.15) is 11.5 Å². The molecule has 1 heterocycles. The molecule has 3 aromatic carbocycles. The maximum absolute atomic E-state index is 13.4. The third-order valence-electron chi connectivity index (χ3n) is 6.69. The Morgan fingerprint density at radius 2 is 1.51 bits per heavy atom. The van der Waals surface area contributed by atoms with Gasteiger partial charge in [0.15, 0.2) is 0 Å². The highest BCUT2D eigenvalue weighted by atomic mass is 16.5. The van der Waals surface area contributed by atoms with Crippen LogP contribution >= 0.6 is 0 Å². The van der Waals surface area contributed by atoms with Crippen LogP contribution in [0.4, 0.5) is 11.4 Å². The molecule has 1 aliphatic heterocycles. The smallest absolute Gasteiger partial charge is 0.300 e. The first kappa shape index (κ1) is 26.0. The minimum Gasteiger partial charge on any atom is -0.507 e. The Morgan fingerprint density at radius 1 is 0.892 bits per heavy atom. The van der Waals surface area contributed by atoms with Crippen molar-refractivity contribution < 1.29 is 19.4 Å². The Kier molecular flexibility index (Phi) is 7.97. The molecule has 0 bridgehead atoms. The molecule has 0 aromatic heterocycles. The summed E-state index contributed by atoms with van der Waals surface area (Å²) >= 11 is 0. The molecule has 4 rings (SSSR count). The normalized spacial score (nSPS) is 16.8. The van der Waals surface area contributed by atoms with E-state index in [-0.39, 0.29) is 11.3 Å². The summed E-state index contributed by atoms with van der Waals surface area (Å²) in [6, 6.07) is 21.5. The molecule has 1 atom stereocenters. The van der Waals surface area contributed by atoms with Crippen molar-refractivity contribution >= 4 is 28.8 Å². The van der Waals surface area contributed by atoms with Crippen molar-refractivity contribution in [2.45, 2.75) is 40.2 Å². The average Bonchev–Trinajstić information content (AvgIpc) is 3.19. The second-order valence-corrected chi connectivity index (χ2v) is 9.14. The number of benzene rings is 3. The van der Waals surface area contributed by atoms with Crippen LogP contribution in [-0.2, 0) is 9.59 Å². The molecule has 1 N–H and O–H groups in total. The first-order chi connectivity index (χ1) is 17.9. The van der Waals surface area contributed by atoms with E-state index in [0.29, 0.717) is 23.6 Å². The molecule has 0 saturated carbocycles. The van der Waals surface area contributed by atoms with Crippen molar-refractivity contribution in [1.82, 2.24) is 0 Å². The van der Waals surface area contributed by atoms with Crippen LogP contribution in [-0.4, -0.2) is 36.5 Å². The maximum atomic E-state index is 13.4. The summed E-state index contributed by atoms with van der Waals surface area (Å²) in [4.78, 5) is 30.5. The molecule has 1 amide bonds. The number of carbonyl (C=O) groups is 2. The minimum atomic E-state index is -0.760. The molecular formula is C31H34N2O4. The number of hydrogen-bond acceptors (Lipinski definition) is 5. The fourth-order valence-corrected chi connectivity index (χ4v) is 4.66. The number of carbonyl (C=O) groups excluding carboxylic acids is 2. The summed E-state index contributed by atoms with van der Waals surface area (Å²) in [6.07, 6.45) is 0.886. The first-order valence-electron chi connectivity index (χ1n) is 12.8. The van der Waals surface area contributed by atoms with E-state index >= 15 is 0 Å². The van der Waals surface area contributed by atoms with Gasteiger partial charge in [-0.1, -0.05) is 36.8 Å². The molecule has 0 spiro atoms. The molecule has 1 fully saturated rings. The molecule has 6 nitrogen and oxygen atoms in total. The summed E-state index contributed by atoms with van der Waals surface area (Å²) in [5.74, 6) is -0.886. The molecule has 1 saturated heterocycles. The Labute approximate surface area is 218 Å². The Bertz CT molecular complexity index is 1270. The third-order valence-corrected chi connectivity index (χ3v) is 6.69. The number of Topliss-reactive ketones (excluding diaryl/α,β-unsaturated/α-hetero) is 1. The van der Waals surface area contributed by atoms with Crippen molar-refractivity contribution in [2.75, 3.05) is 29.5 Å². The van der Waals surface area contributed by atoms with Crippen LogP contribution in [0.2, 0.25) is 0 Å². The van der Waals surface area contributed by atoms with E-state index in [9.17, 15) is 14.7 Å². The molecule has 6 heteroatoms. The number of aryl methyl sites for hydroxylation is 1. The highest BCUT2D eigenvalue weighted by Gasteiger charge is 2.47. The topological polar surface area (TPSA) is 70.1 Å². The van der Waals surface area contributed by atoms with Crippen molar-refractivity contribution in [3.8, 4) is 5.75 Å². The van der Waals surface area contributed by atoms with E-state index < -0.39 is 17.7 Å². The fraction of sp³-hybridized carbons (Fsp3) is 0.290. The average molecular weight is 499 g/mol. The zero-order chi connectivity index (χ0) is 26.5. The number of aliphatic hydroxyl groups excluding tert-OH is 1. The van der Waals surface area contributed by atoms with Crippen LogP contribution in [0, 0.1) is 6.92 Å². The molecule has 1 unspecified atom stereocenters. The van der Waals surface area contributed by atoms with Crippen LogP contribution in [0.15, 0.2) is 78.4 Å². The fourth-order valence-electron chi connectivity index (χ4n) is 4.66. The predicted molar refractivity (Wildman–Crippen MR) is 148 cm³/mol. The van der Waals surface area contributed by atoms with Gasteiger partial charge in [-0.2, -0.15) is 0 Å². The van der Waals surface area contributed by atoms with E-state index in [2.05, 4.69) is 18.7 Å². The van der Waals surface area contributed by atoms with Crippen molar-refractivity contribution in [3.63, 3.8) is 0 Å². The summed E-state index contributed by atoms with van der Waals surface area (Å²) in [5, 5.41) is 11.4. The number of rotatable bonds is 9. The minimum absolute atomic E-state index is 0.0726. The number of ether oxygens (including phenoxy) is 1. The Hall–Kier alpha value is -4.06. The number of nitrogens with zero attached hydrogens (tertiary/aromatic N) is 2. The Balaban J connectivity index is 1.82. The van der Waals surface area contributed by atoms with Gasteiger partial charge in [0.05, 0.1) is 18.2 Å². The maximum Gasteiger partial charge on any atom is 0.300 e. The van der Waals surface area contributed by atoms with Gasteiger partial charge < -0.3 is 14.7 Å². The summed E-state index contributed by atoms with van der Waals surface area (Å²) in [6.45, 7) is 10.5. The van der Waals surface area contributed by atoms with Crippen LogP contribution < -0.4 is 14.5 Å². The molecule has 1 aliphatic rings. The van der Waals surface area contributed by atoms with Crippen LogP contribution in [0.25, 0.3) is 5.76 Å². The third kappa shape index (κ3) is 5.24. The summed E-state index contributed by atoms with van der Waals surface area (Å²) in [5.41, 5.74) is 3.99. The zero-order valence-electron chi connectivity index (χ0n) is 21.9. The lowest BCUT2D eigenvalue weighted by Crippen LogP contribution is -2.29. The quantitative estimate of drug-likeness (QED) is 0.214. The van der Waals surface area contributed by atoms with E-state index in [1.54, 1.807) is 24.3 Å². The van der Waals surface area contributed by atoms with Crippen LogP contribution in [0.3, 0.4) is 0 Å². The van der Waals surface area contributed by atoms with Gasteiger partial charge in [0, 0.05) is 30.0 Å². The lowest BCUT2D eigenvalue weighted by Gasteiger charge is -2.27.